The van der Waals surface area contributed by atoms with Crippen LogP contribution < -0.4 is 0 Å². The molecule has 0 spiro atoms. The highest BCUT2D eigenvalue weighted by molar-refractivity contribution is 7.07. The molecule has 6 rings (SSSR count). The summed E-state index contributed by atoms with van der Waals surface area (Å²) in [6.07, 6.45) is 1.90. The number of carbonyl (C=O) groups excluding carboxylic acids is 3. The number of halogens is 1. The first-order valence-corrected chi connectivity index (χ1v) is 12.6. The average Bonchev–Trinajstić information content (AvgIpc) is 3.53. The molecule has 0 aliphatic carbocycles. The van der Waals surface area contributed by atoms with Crippen molar-refractivity contribution in [3.63, 3.8) is 0 Å². The number of piperazine rings is 1. The summed E-state index contributed by atoms with van der Waals surface area (Å²) in [5.41, 5.74) is 4.26. The summed E-state index contributed by atoms with van der Waals surface area (Å²) in [6.45, 7) is 2.14. The maximum absolute atomic E-state index is 13.3. The van der Waals surface area contributed by atoms with Crippen molar-refractivity contribution in [2.24, 2.45) is 0 Å². The molecule has 10 heteroatoms. The smallest absolute Gasteiger partial charge is 0.279 e. The van der Waals surface area contributed by atoms with Gasteiger partial charge in [-0.2, -0.15) is 0 Å². The van der Waals surface area contributed by atoms with Crippen molar-refractivity contribution in [1.82, 2.24) is 24.3 Å². The second kappa shape index (κ2) is 8.96. The van der Waals surface area contributed by atoms with E-state index >= 15 is 0 Å². The fraction of sp³-hybridized carbons (Fsp3) is 0.231. The van der Waals surface area contributed by atoms with Crippen LogP contribution in [0.15, 0.2) is 65.6 Å². The predicted molar refractivity (Wildman–Crippen MR) is 133 cm³/mol. The number of fused-ring (bicyclic) bond motifs is 1. The molecular formula is C26H22FN5O3S. The summed E-state index contributed by atoms with van der Waals surface area (Å²) >= 11 is 1.32. The SMILES string of the molecule is O=C(c1ccc2c(ccn2-c2ccc(F)cc2)c1)N1CC(N2CCN(C(=O)c3cscn3)C(=O)C2)C1. The topological polar surface area (TPSA) is 78.8 Å². The number of benzene rings is 2. The van der Waals surface area contributed by atoms with Gasteiger partial charge in [-0.3, -0.25) is 24.2 Å². The van der Waals surface area contributed by atoms with Crippen molar-refractivity contribution >= 4 is 40.0 Å². The first-order chi connectivity index (χ1) is 17.5. The van der Waals surface area contributed by atoms with Gasteiger partial charge in [0, 0.05) is 60.4 Å². The number of rotatable bonds is 4. The number of likely N-dealkylation sites (tertiary alicyclic amines) is 1. The van der Waals surface area contributed by atoms with E-state index in [4.69, 9.17) is 0 Å². The average molecular weight is 504 g/mol. The third-order valence-electron chi connectivity index (χ3n) is 6.85. The van der Waals surface area contributed by atoms with Crippen LogP contribution in [0.4, 0.5) is 4.39 Å². The van der Waals surface area contributed by atoms with Gasteiger partial charge in [0.2, 0.25) is 5.91 Å². The third kappa shape index (κ3) is 3.98. The van der Waals surface area contributed by atoms with Crippen LogP contribution in [0.2, 0.25) is 0 Å². The van der Waals surface area contributed by atoms with Gasteiger partial charge >= 0.3 is 0 Å². The van der Waals surface area contributed by atoms with E-state index in [9.17, 15) is 18.8 Å². The van der Waals surface area contributed by atoms with Crippen molar-refractivity contribution in [2.75, 3.05) is 32.7 Å². The molecule has 2 aliphatic rings. The molecule has 8 nitrogen and oxygen atoms in total. The van der Waals surface area contributed by atoms with Gasteiger partial charge in [-0.15, -0.1) is 11.3 Å². The molecular weight excluding hydrogens is 481 g/mol. The zero-order valence-electron chi connectivity index (χ0n) is 19.2. The molecule has 0 N–H and O–H groups in total. The quantitative estimate of drug-likeness (QED) is 0.400. The molecule has 2 saturated heterocycles. The fourth-order valence-corrected chi connectivity index (χ4v) is 5.34. The minimum Gasteiger partial charge on any atom is -0.335 e. The van der Waals surface area contributed by atoms with Gasteiger partial charge in [-0.1, -0.05) is 0 Å². The normalized spacial score (nSPS) is 17.0. The van der Waals surface area contributed by atoms with Crippen LogP contribution >= 0.6 is 11.3 Å². The first kappa shape index (κ1) is 22.6. The summed E-state index contributed by atoms with van der Waals surface area (Å²) < 4.78 is 15.2. The zero-order valence-corrected chi connectivity index (χ0v) is 20.0. The Labute approximate surface area is 210 Å². The Morgan fingerprint density at radius 3 is 2.53 bits per heavy atom. The maximum Gasteiger partial charge on any atom is 0.279 e. The molecule has 0 bridgehead atoms. The first-order valence-electron chi connectivity index (χ1n) is 11.6. The number of carbonyl (C=O) groups is 3. The number of nitrogens with zero attached hydrogens (tertiary/aromatic N) is 5. The summed E-state index contributed by atoms with van der Waals surface area (Å²) in [7, 11) is 0. The van der Waals surface area contributed by atoms with Gasteiger partial charge in [0.25, 0.3) is 11.8 Å². The van der Waals surface area contributed by atoms with Crippen molar-refractivity contribution in [3.05, 3.63) is 82.7 Å². The third-order valence-corrected chi connectivity index (χ3v) is 7.44. The highest BCUT2D eigenvalue weighted by Gasteiger charge is 2.39. The Balaban J connectivity index is 1.08. The van der Waals surface area contributed by atoms with E-state index < -0.39 is 0 Å². The maximum atomic E-state index is 13.3. The van der Waals surface area contributed by atoms with Gasteiger partial charge in [0.05, 0.1) is 17.6 Å². The molecule has 0 radical (unpaired) electrons. The van der Waals surface area contributed by atoms with Crippen molar-refractivity contribution in [2.45, 2.75) is 6.04 Å². The zero-order chi connectivity index (χ0) is 24.8. The molecule has 0 saturated carbocycles. The Hall–Kier alpha value is -3.89. The Bertz CT molecular complexity index is 1460. The van der Waals surface area contributed by atoms with Crippen molar-refractivity contribution in [3.8, 4) is 5.69 Å². The minimum absolute atomic E-state index is 0.0497. The molecule has 4 heterocycles. The van der Waals surface area contributed by atoms with Crippen LogP contribution in [-0.4, -0.2) is 80.7 Å². The number of thiazole rings is 1. The lowest BCUT2D eigenvalue weighted by atomic mass is 10.0. The van der Waals surface area contributed by atoms with E-state index in [-0.39, 0.29) is 36.1 Å². The molecule has 0 unspecified atom stereocenters. The lowest BCUT2D eigenvalue weighted by Gasteiger charge is -2.47. The molecule has 3 amide bonds. The van der Waals surface area contributed by atoms with Crippen molar-refractivity contribution < 1.29 is 18.8 Å². The Morgan fingerprint density at radius 1 is 1.00 bits per heavy atom. The molecule has 4 aromatic rings. The Morgan fingerprint density at radius 2 is 1.81 bits per heavy atom. The predicted octanol–water partition coefficient (Wildman–Crippen LogP) is 3.04. The molecule has 2 aromatic carbocycles. The summed E-state index contributed by atoms with van der Waals surface area (Å²) in [5.74, 6) is -0.923. The molecule has 2 aliphatic heterocycles. The van der Waals surface area contributed by atoms with Gasteiger partial charge < -0.3 is 9.47 Å². The van der Waals surface area contributed by atoms with Gasteiger partial charge in [0.1, 0.15) is 11.5 Å². The second-order valence-corrected chi connectivity index (χ2v) is 9.71. The molecule has 0 atom stereocenters. The van der Waals surface area contributed by atoms with Crippen LogP contribution in [0.5, 0.6) is 0 Å². The highest BCUT2D eigenvalue weighted by atomic mass is 32.1. The minimum atomic E-state index is -0.352. The number of aromatic nitrogens is 2. The van der Waals surface area contributed by atoms with Crippen LogP contribution in [0.1, 0.15) is 20.8 Å². The standard InChI is InChI=1S/C26H22FN5O3S/c27-19-2-4-20(5-3-19)31-8-7-17-11-18(1-6-23(17)31)25(34)30-12-21(13-30)29-9-10-32(24(33)14-29)26(35)22-15-36-16-28-22/h1-8,11,15-16,21H,9-10,12-14H2. The summed E-state index contributed by atoms with van der Waals surface area (Å²) in [4.78, 5) is 47.3. The van der Waals surface area contributed by atoms with Gasteiger partial charge in [-0.05, 0) is 48.5 Å². The van der Waals surface area contributed by atoms with Crippen molar-refractivity contribution in [1.29, 1.82) is 0 Å². The molecule has 182 valence electrons. The van der Waals surface area contributed by atoms with E-state index in [0.717, 1.165) is 16.6 Å². The van der Waals surface area contributed by atoms with Crippen LogP contribution in [0, 0.1) is 5.82 Å². The number of hydrogen-bond donors (Lipinski definition) is 0. The fourth-order valence-electron chi connectivity index (χ4n) is 4.81. The summed E-state index contributed by atoms with van der Waals surface area (Å²) in [6, 6.07) is 13.9. The van der Waals surface area contributed by atoms with E-state index in [1.807, 2.05) is 39.9 Å². The van der Waals surface area contributed by atoms with Crippen LogP contribution in [-0.2, 0) is 4.79 Å². The lowest BCUT2D eigenvalue weighted by Crippen LogP contribution is -2.65. The second-order valence-electron chi connectivity index (χ2n) is 8.99. The van der Waals surface area contributed by atoms with Crippen LogP contribution in [0.25, 0.3) is 16.6 Å². The highest BCUT2D eigenvalue weighted by Crippen LogP contribution is 2.25. The number of hydrogen-bond acceptors (Lipinski definition) is 6. The van der Waals surface area contributed by atoms with Crippen LogP contribution in [0.3, 0.4) is 0 Å². The molecule has 2 aromatic heterocycles. The van der Waals surface area contributed by atoms with E-state index in [1.54, 1.807) is 27.9 Å². The van der Waals surface area contributed by atoms with E-state index in [0.29, 0.717) is 37.4 Å². The monoisotopic (exact) mass is 503 g/mol. The van der Waals surface area contributed by atoms with Gasteiger partial charge in [-0.25, -0.2) is 9.37 Å². The Kier molecular flexibility index (Phi) is 5.62. The summed E-state index contributed by atoms with van der Waals surface area (Å²) in [5, 5.41) is 2.57. The van der Waals surface area contributed by atoms with Gasteiger partial charge in [0.15, 0.2) is 0 Å². The molecule has 2 fully saturated rings. The number of amides is 3. The lowest BCUT2D eigenvalue weighted by molar-refractivity contribution is -0.135. The van der Waals surface area contributed by atoms with E-state index in [2.05, 4.69) is 4.98 Å². The van der Waals surface area contributed by atoms with E-state index in [1.165, 1.54) is 28.4 Å². The largest absolute Gasteiger partial charge is 0.335 e. The number of imide groups is 1. The molecule has 36 heavy (non-hydrogen) atoms.